The van der Waals surface area contributed by atoms with Crippen molar-refractivity contribution in [2.24, 2.45) is 0 Å². The van der Waals surface area contributed by atoms with Crippen LogP contribution in [0.15, 0.2) is 65.6 Å². The molecule has 2 aromatic carbocycles. The molecule has 1 aliphatic rings. The number of hydrogen-bond donors (Lipinski definition) is 0. The van der Waals surface area contributed by atoms with E-state index < -0.39 is 10.0 Å². The zero-order chi connectivity index (χ0) is 24.3. The summed E-state index contributed by atoms with van der Waals surface area (Å²) in [6.07, 6.45) is 3.16. The molecule has 9 heteroatoms. The molecule has 4 rings (SSSR count). The van der Waals surface area contributed by atoms with Crippen molar-refractivity contribution in [1.82, 2.24) is 19.0 Å². The van der Waals surface area contributed by atoms with Crippen LogP contribution in [0.5, 0.6) is 0 Å². The second kappa shape index (κ2) is 10.1. The Morgan fingerprint density at radius 3 is 2.32 bits per heavy atom. The number of aromatic nitrogens is 2. The molecule has 0 bridgehead atoms. The molecule has 0 spiro atoms. The fraction of sp³-hybridized carbons (Fsp3) is 0.280. The van der Waals surface area contributed by atoms with E-state index in [9.17, 15) is 13.2 Å². The number of halogens is 1. The Bertz CT molecular complexity index is 1310. The van der Waals surface area contributed by atoms with Crippen molar-refractivity contribution in [3.8, 4) is 0 Å². The van der Waals surface area contributed by atoms with Gasteiger partial charge in [0.05, 0.1) is 17.9 Å². The molecule has 1 saturated heterocycles. The first-order valence-corrected chi connectivity index (χ1v) is 12.9. The first kappa shape index (κ1) is 24.2. The predicted molar refractivity (Wildman–Crippen MR) is 133 cm³/mol. The molecule has 0 radical (unpaired) electrons. The number of nitrogens with zero attached hydrogens (tertiary/aromatic N) is 4. The van der Waals surface area contributed by atoms with Crippen LogP contribution in [0.3, 0.4) is 0 Å². The van der Waals surface area contributed by atoms with E-state index in [2.05, 4.69) is 5.10 Å². The second-order valence-electron chi connectivity index (χ2n) is 8.23. The largest absolute Gasteiger partial charge is 0.337 e. The van der Waals surface area contributed by atoms with E-state index in [1.807, 2.05) is 48.5 Å². The maximum atomic E-state index is 13.5. The van der Waals surface area contributed by atoms with Crippen molar-refractivity contribution in [3.05, 3.63) is 88.2 Å². The van der Waals surface area contributed by atoms with Crippen LogP contribution >= 0.6 is 11.6 Å². The molecular formula is C25H27ClN4O3S. The fourth-order valence-corrected chi connectivity index (χ4v) is 6.11. The maximum Gasteiger partial charge on any atom is 0.246 e. The lowest BCUT2D eigenvalue weighted by Crippen LogP contribution is -2.50. The quantitative estimate of drug-likeness (QED) is 0.485. The Kier molecular flexibility index (Phi) is 7.21. The molecule has 1 amide bonds. The molecule has 7 nitrogen and oxygen atoms in total. The predicted octanol–water partition coefficient (Wildman–Crippen LogP) is 3.75. The maximum absolute atomic E-state index is 13.5. The number of benzene rings is 2. The number of piperazine rings is 1. The van der Waals surface area contributed by atoms with Gasteiger partial charge >= 0.3 is 0 Å². The van der Waals surface area contributed by atoms with Gasteiger partial charge in [-0.1, -0.05) is 60.1 Å². The monoisotopic (exact) mass is 498 g/mol. The average Bonchev–Trinajstić information content (AvgIpc) is 3.12. The lowest BCUT2D eigenvalue weighted by atomic mass is 10.2. The Morgan fingerprint density at radius 2 is 1.65 bits per heavy atom. The van der Waals surface area contributed by atoms with Gasteiger partial charge in [0.1, 0.15) is 4.90 Å². The summed E-state index contributed by atoms with van der Waals surface area (Å²) in [5.74, 6) is -0.167. The summed E-state index contributed by atoms with van der Waals surface area (Å²) in [6, 6.07) is 17.1. The van der Waals surface area contributed by atoms with Gasteiger partial charge in [0.15, 0.2) is 0 Å². The summed E-state index contributed by atoms with van der Waals surface area (Å²) in [5.41, 5.74) is 2.91. The number of hydrogen-bond acceptors (Lipinski definition) is 4. The van der Waals surface area contributed by atoms with E-state index in [1.165, 1.54) is 10.4 Å². The van der Waals surface area contributed by atoms with Crippen LogP contribution in [0.25, 0.3) is 6.08 Å². The van der Waals surface area contributed by atoms with E-state index in [1.54, 1.807) is 35.6 Å². The minimum absolute atomic E-state index is 0.167. The Labute approximate surface area is 205 Å². The molecule has 34 heavy (non-hydrogen) atoms. The standard InChI is InChI=1S/C25H27ClN4O3S/c1-19-25(20(2)30(27-19)18-21-8-4-3-5-9-21)34(32,33)29-16-14-28(15-17-29)24(31)13-12-22-10-6-7-11-23(22)26/h3-13H,14-18H2,1-2H3/b13-12+. The molecule has 0 unspecified atom stereocenters. The van der Waals surface area contributed by atoms with Crippen LogP contribution < -0.4 is 0 Å². The van der Waals surface area contributed by atoms with Gasteiger partial charge < -0.3 is 4.90 Å². The first-order chi connectivity index (χ1) is 16.3. The van der Waals surface area contributed by atoms with E-state index in [-0.39, 0.29) is 23.9 Å². The van der Waals surface area contributed by atoms with Crippen molar-refractivity contribution in [2.45, 2.75) is 25.3 Å². The van der Waals surface area contributed by atoms with Crippen molar-refractivity contribution in [1.29, 1.82) is 0 Å². The van der Waals surface area contributed by atoms with Crippen molar-refractivity contribution >= 4 is 33.6 Å². The number of carbonyl (C=O) groups excluding carboxylic acids is 1. The molecule has 3 aromatic rings. The molecule has 0 N–H and O–H groups in total. The molecule has 1 fully saturated rings. The molecular weight excluding hydrogens is 472 g/mol. The smallest absolute Gasteiger partial charge is 0.246 e. The minimum atomic E-state index is -3.73. The highest BCUT2D eigenvalue weighted by Crippen LogP contribution is 2.25. The van der Waals surface area contributed by atoms with Gasteiger partial charge in [-0.2, -0.15) is 9.40 Å². The van der Waals surface area contributed by atoms with Crippen LogP contribution in [-0.4, -0.2) is 59.5 Å². The average molecular weight is 499 g/mol. The summed E-state index contributed by atoms with van der Waals surface area (Å²) < 4.78 is 30.1. The molecule has 1 aliphatic heterocycles. The highest BCUT2D eigenvalue weighted by Gasteiger charge is 2.34. The SMILES string of the molecule is Cc1nn(Cc2ccccc2)c(C)c1S(=O)(=O)N1CCN(C(=O)/C=C/c2ccccc2Cl)CC1. The Morgan fingerprint density at radius 1 is 1.00 bits per heavy atom. The summed E-state index contributed by atoms with van der Waals surface area (Å²) >= 11 is 6.14. The zero-order valence-electron chi connectivity index (χ0n) is 19.2. The number of aryl methyl sites for hydroxylation is 1. The molecule has 1 aromatic heterocycles. The Hall–Kier alpha value is -2.94. The van der Waals surface area contributed by atoms with Gasteiger partial charge in [0.2, 0.25) is 15.9 Å². The van der Waals surface area contributed by atoms with Gasteiger partial charge in [-0.15, -0.1) is 0 Å². The van der Waals surface area contributed by atoms with Gasteiger partial charge in [0.25, 0.3) is 0 Å². The van der Waals surface area contributed by atoms with Gasteiger partial charge in [-0.25, -0.2) is 8.42 Å². The van der Waals surface area contributed by atoms with Crippen molar-refractivity contribution in [3.63, 3.8) is 0 Å². The third-order valence-electron chi connectivity index (χ3n) is 5.95. The number of carbonyl (C=O) groups is 1. The highest BCUT2D eigenvalue weighted by atomic mass is 35.5. The van der Waals surface area contributed by atoms with E-state index in [0.29, 0.717) is 36.0 Å². The summed E-state index contributed by atoms with van der Waals surface area (Å²) in [5, 5.41) is 5.07. The normalized spacial score (nSPS) is 15.2. The first-order valence-electron chi connectivity index (χ1n) is 11.1. The topological polar surface area (TPSA) is 75.5 Å². The van der Waals surface area contributed by atoms with Crippen molar-refractivity contribution < 1.29 is 13.2 Å². The lowest BCUT2D eigenvalue weighted by molar-refractivity contribution is -0.127. The molecule has 178 valence electrons. The van der Waals surface area contributed by atoms with Crippen LogP contribution in [-0.2, 0) is 21.4 Å². The molecule has 0 atom stereocenters. The fourth-order valence-electron chi connectivity index (χ4n) is 4.12. The summed E-state index contributed by atoms with van der Waals surface area (Å²) in [6.45, 7) is 5.12. The minimum Gasteiger partial charge on any atom is -0.337 e. The van der Waals surface area contributed by atoms with Crippen LogP contribution in [0.1, 0.15) is 22.5 Å². The molecule has 2 heterocycles. The highest BCUT2D eigenvalue weighted by molar-refractivity contribution is 7.89. The van der Waals surface area contributed by atoms with Gasteiger partial charge in [-0.3, -0.25) is 9.48 Å². The van der Waals surface area contributed by atoms with Crippen LogP contribution in [0.2, 0.25) is 5.02 Å². The molecule has 0 saturated carbocycles. The van der Waals surface area contributed by atoms with Crippen LogP contribution in [0, 0.1) is 13.8 Å². The summed E-state index contributed by atoms with van der Waals surface area (Å²) in [7, 11) is -3.73. The van der Waals surface area contributed by atoms with Crippen molar-refractivity contribution in [2.75, 3.05) is 26.2 Å². The van der Waals surface area contributed by atoms with Gasteiger partial charge in [0, 0.05) is 37.3 Å². The number of rotatable bonds is 6. The zero-order valence-corrected chi connectivity index (χ0v) is 20.8. The van der Waals surface area contributed by atoms with E-state index in [4.69, 9.17) is 11.6 Å². The van der Waals surface area contributed by atoms with E-state index >= 15 is 0 Å². The third-order valence-corrected chi connectivity index (χ3v) is 8.45. The molecule has 0 aliphatic carbocycles. The second-order valence-corrected chi connectivity index (χ2v) is 10.5. The van der Waals surface area contributed by atoms with Gasteiger partial charge in [-0.05, 0) is 37.1 Å². The summed E-state index contributed by atoms with van der Waals surface area (Å²) in [4.78, 5) is 14.5. The third kappa shape index (κ3) is 5.09. The lowest BCUT2D eigenvalue weighted by Gasteiger charge is -2.33. The van der Waals surface area contributed by atoms with E-state index in [0.717, 1.165) is 11.1 Å². The Balaban J connectivity index is 1.44. The number of amides is 1. The number of sulfonamides is 1. The van der Waals surface area contributed by atoms with Crippen LogP contribution in [0.4, 0.5) is 0 Å².